The van der Waals surface area contributed by atoms with Crippen LogP contribution in [-0.2, 0) is 4.74 Å². The molecule has 33 heavy (non-hydrogen) atoms. The first-order valence-electron chi connectivity index (χ1n) is 10.6. The van der Waals surface area contributed by atoms with Crippen LogP contribution in [0.1, 0.15) is 11.6 Å². The van der Waals surface area contributed by atoms with E-state index < -0.39 is 5.82 Å². The van der Waals surface area contributed by atoms with Crippen molar-refractivity contribution in [2.45, 2.75) is 13.0 Å². The van der Waals surface area contributed by atoms with Crippen LogP contribution in [0.25, 0.3) is 22.0 Å². The lowest BCUT2D eigenvalue weighted by atomic mass is 9.98. The number of nitrogens with one attached hydrogen (secondary N) is 2. The zero-order valence-corrected chi connectivity index (χ0v) is 17.8. The van der Waals surface area contributed by atoms with Crippen LogP contribution in [0.3, 0.4) is 0 Å². The topological polar surface area (TPSA) is 125 Å². The minimum atomic E-state index is -0.530. The quantitative estimate of drug-likeness (QED) is 0.404. The fourth-order valence-electron chi connectivity index (χ4n) is 4.03. The van der Waals surface area contributed by atoms with Crippen LogP contribution in [0.4, 0.5) is 27.4 Å². The van der Waals surface area contributed by atoms with Crippen LogP contribution in [0.15, 0.2) is 30.9 Å². The van der Waals surface area contributed by atoms with Crippen molar-refractivity contribution in [3.05, 3.63) is 42.2 Å². The monoisotopic (exact) mass is 448 g/mol. The molecule has 10 nitrogen and oxygen atoms in total. The first-order chi connectivity index (χ1) is 16.1. The summed E-state index contributed by atoms with van der Waals surface area (Å²) < 4.78 is 27.9. The van der Waals surface area contributed by atoms with Crippen molar-refractivity contribution in [1.82, 2.24) is 24.7 Å². The molecule has 0 spiro atoms. The molecule has 0 aliphatic carbocycles. The standard InChI is InChI=1S/C22H21FN8O2/c1-11-15(6-26-21-20(11)25-2-3-33-21)14-4-17-16(19(24)18(14)23)7-27-22(30-17)29-12-5-28-31(8-12)13-9-32-10-13/h4-8,13,25H,2-3,9-10,24H2,1H3,(H,27,29,30). The first kappa shape index (κ1) is 19.7. The Hall–Kier alpha value is -3.99. The van der Waals surface area contributed by atoms with E-state index in [1.807, 2.05) is 17.8 Å². The number of aromatic nitrogens is 5. The lowest BCUT2D eigenvalue weighted by Gasteiger charge is -2.25. The van der Waals surface area contributed by atoms with E-state index >= 15 is 4.39 Å². The highest BCUT2D eigenvalue weighted by molar-refractivity contribution is 5.96. The van der Waals surface area contributed by atoms with Gasteiger partial charge in [-0.15, -0.1) is 0 Å². The largest absolute Gasteiger partial charge is 0.474 e. The Morgan fingerprint density at radius 2 is 2.09 bits per heavy atom. The molecule has 168 valence electrons. The molecule has 0 atom stereocenters. The summed E-state index contributed by atoms with van der Waals surface area (Å²) in [5.74, 6) is 0.344. The normalized spacial score (nSPS) is 15.5. The number of anilines is 4. The molecule has 0 amide bonds. The summed E-state index contributed by atoms with van der Waals surface area (Å²) in [6.07, 6.45) is 6.70. The fraction of sp³-hybridized carbons (Fsp3) is 0.273. The van der Waals surface area contributed by atoms with Gasteiger partial charge in [-0.3, -0.25) is 4.68 Å². The lowest BCUT2D eigenvalue weighted by Crippen LogP contribution is -2.30. The van der Waals surface area contributed by atoms with Gasteiger partial charge in [0.25, 0.3) is 0 Å². The van der Waals surface area contributed by atoms with Gasteiger partial charge in [0, 0.05) is 41.6 Å². The van der Waals surface area contributed by atoms with Crippen molar-refractivity contribution < 1.29 is 13.9 Å². The van der Waals surface area contributed by atoms with Crippen molar-refractivity contribution in [3.63, 3.8) is 0 Å². The van der Waals surface area contributed by atoms with Gasteiger partial charge in [0.05, 0.1) is 42.3 Å². The number of fused-ring (bicyclic) bond motifs is 2. The van der Waals surface area contributed by atoms with Gasteiger partial charge in [-0.2, -0.15) is 5.10 Å². The molecule has 2 aliphatic heterocycles. The number of pyridine rings is 1. The third-order valence-corrected chi connectivity index (χ3v) is 5.95. The number of nitrogens with zero attached hydrogens (tertiary/aromatic N) is 5. The highest BCUT2D eigenvalue weighted by Crippen LogP contribution is 2.39. The van der Waals surface area contributed by atoms with E-state index in [2.05, 4.69) is 30.7 Å². The number of nitrogens with two attached hydrogens (primary N) is 1. The number of hydrogen-bond acceptors (Lipinski definition) is 9. The highest BCUT2D eigenvalue weighted by Gasteiger charge is 2.22. The molecule has 0 radical (unpaired) electrons. The Morgan fingerprint density at radius 3 is 2.91 bits per heavy atom. The maximum Gasteiger partial charge on any atom is 0.237 e. The zero-order chi connectivity index (χ0) is 22.5. The summed E-state index contributed by atoms with van der Waals surface area (Å²) in [6.45, 7) is 4.40. The molecular formula is C22H21FN8O2. The molecule has 1 saturated heterocycles. The number of nitrogen functional groups attached to an aromatic ring is 1. The second-order valence-corrected chi connectivity index (χ2v) is 8.06. The van der Waals surface area contributed by atoms with Crippen molar-refractivity contribution >= 4 is 33.9 Å². The van der Waals surface area contributed by atoms with Gasteiger partial charge in [-0.1, -0.05) is 0 Å². The first-order valence-corrected chi connectivity index (χ1v) is 10.6. The third kappa shape index (κ3) is 3.28. The van der Waals surface area contributed by atoms with E-state index in [-0.39, 0.29) is 11.7 Å². The smallest absolute Gasteiger partial charge is 0.237 e. The van der Waals surface area contributed by atoms with E-state index in [1.54, 1.807) is 18.5 Å². The molecular weight excluding hydrogens is 427 g/mol. The molecule has 4 aromatic rings. The Bertz CT molecular complexity index is 1380. The van der Waals surface area contributed by atoms with Gasteiger partial charge in [0.2, 0.25) is 11.8 Å². The summed E-state index contributed by atoms with van der Waals surface area (Å²) in [4.78, 5) is 13.2. The van der Waals surface area contributed by atoms with Crippen LogP contribution in [0, 0.1) is 12.7 Å². The Labute approximate surface area is 188 Å². The van der Waals surface area contributed by atoms with Crippen LogP contribution in [0.2, 0.25) is 0 Å². The van der Waals surface area contributed by atoms with Gasteiger partial charge in [0.15, 0.2) is 5.82 Å². The number of rotatable bonds is 4. The summed E-state index contributed by atoms with van der Waals surface area (Å²) in [5, 5.41) is 11.2. The maximum absolute atomic E-state index is 15.3. The molecule has 1 fully saturated rings. The number of benzene rings is 1. The highest BCUT2D eigenvalue weighted by atomic mass is 19.1. The van der Waals surface area contributed by atoms with Crippen molar-refractivity contribution in [3.8, 4) is 17.0 Å². The van der Waals surface area contributed by atoms with Crippen molar-refractivity contribution in [2.24, 2.45) is 0 Å². The van der Waals surface area contributed by atoms with E-state index in [9.17, 15) is 0 Å². The number of halogens is 1. The second kappa shape index (κ2) is 7.55. The average molecular weight is 448 g/mol. The average Bonchev–Trinajstić information content (AvgIpc) is 3.23. The van der Waals surface area contributed by atoms with Crippen molar-refractivity contribution in [1.29, 1.82) is 0 Å². The molecule has 11 heteroatoms. The van der Waals surface area contributed by atoms with E-state index in [0.29, 0.717) is 60.2 Å². The third-order valence-electron chi connectivity index (χ3n) is 5.95. The van der Waals surface area contributed by atoms with Gasteiger partial charge >= 0.3 is 0 Å². The van der Waals surface area contributed by atoms with Crippen LogP contribution < -0.4 is 21.1 Å². The Kier molecular flexibility index (Phi) is 4.50. The molecule has 6 rings (SSSR count). The van der Waals surface area contributed by atoms with Gasteiger partial charge < -0.3 is 25.8 Å². The lowest BCUT2D eigenvalue weighted by molar-refractivity contribution is -0.0286. The van der Waals surface area contributed by atoms with Crippen LogP contribution in [0.5, 0.6) is 5.88 Å². The summed E-state index contributed by atoms with van der Waals surface area (Å²) >= 11 is 0. The Morgan fingerprint density at radius 1 is 1.21 bits per heavy atom. The maximum atomic E-state index is 15.3. The number of ether oxygens (including phenoxy) is 2. The number of hydrogen-bond donors (Lipinski definition) is 3. The molecule has 3 aromatic heterocycles. The SMILES string of the molecule is Cc1c(-c2cc3nc(Nc4cnn(C5COC5)c4)ncc3c(N)c2F)cnc2c1NCCO2. The minimum absolute atomic E-state index is 0.00631. The van der Waals surface area contributed by atoms with Gasteiger partial charge in [0.1, 0.15) is 12.3 Å². The molecule has 2 aliphatic rings. The predicted octanol–water partition coefficient (Wildman–Crippen LogP) is 3.04. The minimum Gasteiger partial charge on any atom is -0.474 e. The Balaban J connectivity index is 1.39. The molecule has 5 heterocycles. The van der Waals surface area contributed by atoms with Gasteiger partial charge in [-0.05, 0) is 18.6 Å². The summed E-state index contributed by atoms with van der Waals surface area (Å²) in [5.41, 5.74) is 9.93. The van der Waals surface area contributed by atoms with E-state index in [4.69, 9.17) is 15.2 Å². The molecule has 0 saturated carbocycles. The summed E-state index contributed by atoms with van der Waals surface area (Å²) in [6, 6.07) is 1.92. The predicted molar refractivity (Wildman–Crippen MR) is 121 cm³/mol. The van der Waals surface area contributed by atoms with Crippen molar-refractivity contribution in [2.75, 3.05) is 42.7 Å². The van der Waals surface area contributed by atoms with E-state index in [0.717, 1.165) is 16.9 Å². The molecule has 0 bridgehead atoms. The molecule has 0 unspecified atom stereocenters. The summed E-state index contributed by atoms with van der Waals surface area (Å²) in [7, 11) is 0. The van der Waals surface area contributed by atoms with E-state index in [1.165, 1.54) is 6.20 Å². The zero-order valence-electron chi connectivity index (χ0n) is 17.8. The fourth-order valence-corrected chi connectivity index (χ4v) is 4.03. The molecule has 4 N–H and O–H groups in total. The van der Waals surface area contributed by atoms with Crippen LogP contribution in [-0.4, -0.2) is 51.1 Å². The second-order valence-electron chi connectivity index (χ2n) is 8.06. The van der Waals surface area contributed by atoms with Crippen LogP contribution >= 0.6 is 0 Å². The van der Waals surface area contributed by atoms with Gasteiger partial charge in [-0.25, -0.2) is 19.3 Å². The molecule has 1 aromatic carbocycles.